The number of para-hydroxylation sites is 6. The third kappa shape index (κ3) is 5.90. The highest BCUT2D eigenvalue weighted by Crippen LogP contribution is 2.48. The van der Waals surface area contributed by atoms with Crippen molar-refractivity contribution in [2.45, 2.75) is 0 Å². The molecule has 0 saturated carbocycles. The van der Waals surface area contributed by atoms with Gasteiger partial charge in [-0.15, -0.1) is 0 Å². The summed E-state index contributed by atoms with van der Waals surface area (Å²) >= 11 is 0. The molecule has 13 aromatic rings. The molecule has 2 heterocycles. The van der Waals surface area contributed by atoms with E-state index in [1.54, 1.807) is 0 Å². The van der Waals surface area contributed by atoms with Crippen molar-refractivity contribution in [2.24, 2.45) is 0 Å². The third-order valence-corrected chi connectivity index (χ3v) is 13.2. The van der Waals surface area contributed by atoms with E-state index in [0.717, 1.165) is 78.1 Å². The van der Waals surface area contributed by atoms with Gasteiger partial charge >= 0.3 is 0 Å². The molecule has 0 aliphatic heterocycles. The predicted octanol–water partition coefficient (Wildman–Crippen LogP) is 17.5. The van der Waals surface area contributed by atoms with Crippen LogP contribution in [0, 0.1) is 0 Å². The Morgan fingerprint density at radius 1 is 0.323 bits per heavy atom. The summed E-state index contributed by atoms with van der Waals surface area (Å²) in [6.07, 6.45) is 0. The van der Waals surface area contributed by atoms with Crippen molar-refractivity contribution in [3.05, 3.63) is 243 Å². The fourth-order valence-corrected chi connectivity index (χ4v) is 10.3. The second-order valence-electron chi connectivity index (χ2n) is 16.8. The van der Waals surface area contributed by atoms with Crippen LogP contribution in [-0.2, 0) is 0 Å². The summed E-state index contributed by atoms with van der Waals surface area (Å²) in [7, 11) is 0. The summed E-state index contributed by atoms with van der Waals surface area (Å²) < 4.78 is 8.95. The summed E-state index contributed by atoms with van der Waals surface area (Å²) in [4.78, 5) is 2.46. The number of aromatic nitrogens is 1. The average Bonchev–Trinajstić information content (AvgIpc) is 3.93. The van der Waals surface area contributed by atoms with Gasteiger partial charge < -0.3 is 13.9 Å². The Kier molecular flexibility index (Phi) is 8.53. The van der Waals surface area contributed by atoms with Crippen molar-refractivity contribution in [3.63, 3.8) is 0 Å². The van der Waals surface area contributed by atoms with E-state index in [2.05, 4.69) is 240 Å². The van der Waals surface area contributed by atoms with E-state index >= 15 is 0 Å². The van der Waals surface area contributed by atoms with Crippen LogP contribution in [0.15, 0.2) is 247 Å². The van der Waals surface area contributed by atoms with Crippen molar-refractivity contribution in [2.75, 3.05) is 4.90 Å². The minimum absolute atomic E-state index is 0.899. The van der Waals surface area contributed by atoms with Gasteiger partial charge in [0.05, 0.1) is 28.1 Å². The van der Waals surface area contributed by atoms with Crippen molar-refractivity contribution < 1.29 is 4.42 Å². The van der Waals surface area contributed by atoms with Gasteiger partial charge in [-0.25, -0.2) is 0 Å². The van der Waals surface area contributed by atoms with E-state index in [1.807, 2.05) is 12.1 Å². The number of hydrogen-bond acceptors (Lipinski definition) is 2. The number of furan rings is 1. The van der Waals surface area contributed by atoms with E-state index in [1.165, 1.54) is 43.4 Å². The van der Waals surface area contributed by atoms with Crippen LogP contribution in [0.1, 0.15) is 0 Å². The SMILES string of the molecule is c1ccc(-c2ccccc2-n2c3ccccc3c3ccccc32)c(-c2ccccc2N(c2ccc(-c3cccc4c3oc3ccccc34)cc2)c2cccc3ccc4ccccc4c23)c1. The first-order chi connectivity index (χ1) is 32.3. The first-order valence-corrected chi connectivity index (χ1v) is 22.3. The summed E-state index contributed by atoms with van der Waals surface area (Å²) in [6.45, 7) is 0. The quantitative estimate of drug-likeness (QED) is 0.149. The molecule has 0 unspecified atom stereocenters. The predicted molar refractivity (Wildman–Crippen MR) is 274 cm³/mol. The summed E-state index contributed by atoms with van der Waals surface area (Å²) in [5.41, 5.74) is 15.4. The molecule has 0 radical (unpaired) electrons. The molecule has 0 amide bonds. The number of anilines is 3. The standard InChI is InChI=1S/C62H40N2O/c1-2-19-45-41(17-1)35-36-43-18-15-33-59(61(43)45)63(44-39-37-42(38-40-44)46-27-16-28-54-53-26-9-14-34-60(53)65-62(46)54)55-29-10-5-22-49(55)47-20-3-4-21-48(47)50-23-6-11-30-56(50)64-57-31-12-7-24-51(57)52-25-8-13-32-58(52)64/h1-40H. The Bertz CT molecular complexity index is 3910. The average molecular weight is 829 g/mol. The zero-order valence-electron chi connectivity index (χ0n) is 35.4. The van der Waals surface area contributed by atoms with Gasteiger partial charge in [-0.05, 0) is 81.4 Å². The van der Waals surface area contributed by atoms with Gasteiger partial charge in [-0.1, -0.05) is 194 Å². The summed E-state index contributed by atoms with van der Waals surface area (Å²) in [6, 6.07) is 87.8. The maximum atomic E-state index is 6.52. The molecular weight excluding hydrogens is 789 g/mol. The van der Waals surface area contributed by atoms with Crippen LogP contribution >= 0.6 is 0 Å². The molecule has 0 saturated heterocycles. The smallest absolute Gasteiger partial charge is 0.143 e. The Labute approximate surface area is 376 Å². The van der Waals surface area contributed by atoms with Crippen molar-refractivity contribution >= 4 is 82.4 Å². The van der Waals surface area contributed by atoms with E-state index in [0.29, 0.717) is 0 Å². The van der Waals surface area contributed by atoms with Crippen LogP contribution in [0.25, 0.3) is 104 Å². The van der Waals surface area contributed by atoms with E-state index in [9.17, 15) is 0 Å². The van der Waals surface area contributed by atoms with Gasteiger partial charge in [0, 0.05) is 49.3 Å². The normalized spacial score (nSPS) is 11.7. The molecule has 0 bridgehead atoms. The Morgan fingerprint density at radius 2 is 0.846 bits per heavy atom. The molecule has 13 rings (SSSR count). The lowest BCUT2D eigenvalue weighted by molar-refractivity contribution is 0.670. The van der Waals surface area contributed by atoms with E-state index in [-0.39, 0.29) is 0 Å². The molecule has 2 aromatic heterocycles. The molecular formula is C62H40N2O. The van der Waals surface area contributed by atoms with Gasteiger partial charge in [0.25, 0.3) is 0 Å². The van der Waals surface area contributed by atoms with Crippen LogP contribution in [0.4, 0.5) is 17.1 Å². The lowest BCUT2D eigenvalue weighted by atomic mass is 9.91. The van der Waals surface area contributed by atoms with Crippen LogP contribution in [0.5, 0.6) is 0 Å². The second kappa shape index (κ2) is 15.0. The monoisotopic (exact) mass is 828 g/mol. The van der Waals surface area contributed by atoms with Crippen LogP contribution in [0.3, 0.4) is 0 Å². The van der Waals surface area contributed by atoms with E-state index in [4.69, 9.17) is 4.42 Å². The molecule has 0 aliphatic rings. The van der Waals surface area contributed by atoms with Gasteiger partial charge in [0.1, 0.15) is 11.2 Å². The van der Waals surface area contributed by atoms with Crippen LogP contribution < -0.4 is 4.90 Å². The lowest BCUT2D eigenvalue weighted by Crippen LogP contribution is -2.12. The zero-order valence-corrected chi connectivity index (χ0v) is 35.4. The van der Waals surface area contributed by atoms with Crippen molar-refractivity contribution in [3.8, 4) is 39.1 Å². The topological polar surface area (TPSA) is 21.3 Å². The number of fused-ring (bicyclic) bond motifs is 9. The first-order valence-electron chi connectivity index (χ1n) is 22.3. The molecule has 11 aromatic carbocycles. The Balaban J connectivity index is 1.03. The van der Waals surface area contributed by atoms with Gasteiger partial charge in [-0.2, -0.15) is 0 Å². The maximum Gasteiger partial charge on any atom is 0.143 e. The fraction of sp³-hybridized carbons (Fsp3) is 0. The zero-order chi connectivity index (χ0) is 42.8. The van der Waals surface area contributed by atoms with Gasteiger partial charge in [0.2, 0.25) is 0 Å². The van der Waals surface area contributed by atoms with Crippen molar-refractivity contribution in [1.82, 2.24) is 4.57 Å². The number of hydrogen-bond donors (Lipinski definition) is 0. The first kappa shape index (κ1) is 36.9. The molecule has 0 atom stereocenters. The van der Waals surface area contributed by atoms with Gasteiger partial charge in [0.15, 0.2) is 0 Å². The highest BCUT2D eigenvalue weighted by Gasteiger charge is 2.23. The Morgan fingerprint density at radius 3 is 1.63 bits per heavy atom. The van der Waals surface area contributed by atoms with Crippen LogP contribution in [0.2, 0.25) is 0 Å². The number of nitrogens with zero attached hydrogens (tertiary/aromatic N) is 2. The third-order valence-electron chi connectivity index (χ3n) is 13.2. The number of benzene rings is 11. The highest BCUT2D eigenvalue weighted by atomic mass is 16.3. The molecule has 3 nitrogen and oxygen atoms in total. The summed E-state index contributed by atoms with van der Waals surface area (Å²) in [5.74, 6) is 0. The molecule has 3 heteroatoms. The molecule has 304 valence electrons. The minimum atomic E-state index is 0.899. The Hall–Kier alpha value is -8.66. The molecule has 0 fully saturated rings. The largest absolute Gasteiger partial charge is 0.455 e. The van der Waals surface area contributed by atoms with Gasteiger partial charge in [-0.3, -0.25) is 0 Å². The van der Waals surface area contributed by atoms with E-state index < -0.39 is 0 Å². The lowest BCUT2D eigenvalue weighted by Gasteiger charge is -2.30. The molecule has 0 N–H and O–H groups in total. The maximum absolute atomic E-state index is 6.52. The van der Waals surface area contributed by atoms with Crippen LogP contribution in [-0.4, -0.2) is 4.57 Å². The molecule has 0 spiro atoms. The second-order valence-corrected chi connectivity index (χ2v) is 16.8. The fourth-order valence-electron chi connectivity index (χ4n) is 10.3. The van der Waals surface area contributed by atoms with Crippen molar-refractivity contribution in [1.29, 1.82) is 0 Å². The number of rotatable bonds is 7. The highest BCUT2D eigenvalue weighted by molar-refractivity contribution is 6.16. The summed E-state index contributed by atoms with van der Waals surface area (Å²) in [5, 5.41) is 9.58. The molecule has 65 heavy (non-hydrogen) atoms. The minimum Gasteiger partial charge on any atom is -0.455 e. The molecule has 0 aliphatic carbocycles.